The number of hydrogen-bond acceptors (Lipinski definition) is 1. The molecular weight excluding hydrogens is 266 g/mol. The highest BCUT2D eigenvalue weighted by atomic mass is 14.9. The Kier molecular flexibility index (Phi) is 4.75. The molecule has 22 heavy (non-hydrogen) atoms. The van der Waals surface area contributed by atoms with Gasteiger partial charge in [0.05, 0.1) is 0 Å². The third-order valence-electron chi connectivity index (χ3n) is 4.14. The van der Waals surface area contributed by atoms with Crippen molar-refractivity contribution in [3.8, 4) is 0 Å². The molecular formula is C21H23N. The fourth-order valence-corrected chi connectivity index (χ4v) is 3.03. The Balaban J connectivity index is 0.000000133. The van der Waals surface area contributed by atoms with E-state index >= 15 is 0 Å². The van der Waals surface area contributed by atoms with E-state index in [4.69, 9.17) is 0 Å². The second-order valence-corrected chi connectivity index (χ2v) is 5.84. The number of benzene rings is 3. The predicted molar refractivity (Wildman–Crippen MR) is 96.4 cm³/mol. The van der Waals surface area contributed by atoms with Gasteiger partial charge in [-0.25, -0.2) is 0 Å². The zero-order valence-electron chi connectivity index (χ0n) is 13.1. The van der Waals surface area contributed by atoms with Crippen molar-refractivity contribution in [1.29, 1.82) is 0 Å². The Hall–Kier alpha value is -2.28. The minimum atomic E-state index is 0.687. The quantitative estimate of drug-likeness (QED) is 0.641. The summed E-state index contributed by atoms with van der Waals surface area (Å²) in [5.74, 6) is 0. The highest BCUT2D eigenvalue weighted by molar-refractivity contribution is 5.82. The number of nitrogens with one attached hydrogen (secondary N) is 1. The van der Waals surface area contributed by atoms with Gasteiger partial charge in [0.15, 0.2) is 0 Å². The van der Waals surface area contributed by atoms with Gasteiger partial charge in [0.1, 0.15) is 0 Å². The molecule has 1 unspecified atom stereocenters. The summed E-state index contributed by atoms with van der Waals surface area (Å²) in [6.45, 7) is 2.24. The zero-order valence-corrected chi connectivity index (χ0v) is 13.1. The van der Waals surface area contributed by atoms with Gasteiger partial charge in [-0.05, 0) is 35.2 Å². The van der Waals surface area contributed by atoms with Gasteiger partial charge < -0.3 is 5.32 Å². The van der Waals surface area contributed by atoms with Crippen LogP contribution < -0.4 is 5.32 Å². The summed E-state index contributed by atoms with van der Waals surface area (Å²) in [6, 6.07) is 26.0. The van der Waals surface area contributed by atoms with Crippen molar-refractivity contribution in [2.75, 3.05) is 5.32 Å². The Labute approximate surface area is 133 Å². The number of hydrogen-bond donors (Lipinski definition) is 1. The Morgan fingerprint density at radius 2 is 1.36 bits per heavy atom. The van der Waals surface area contributed by atoms with Crippen LogP contribution in [0.25, 0.3) is 10.8 Å². The van der Waals surface area contributed by atoms with Crippen LogP contribution in [0.3, 0.4) is 0 Å². The fourth-order valence-electron chi connectivity index (χ4n) is 3.03. The summed E-state index contributed by atoms with van der Waals surface area (Å²) in [6.07, 6.45) is 3.77. The van der Waals surface area contributed by atoms with E-state index in [0.717, 1.165) is 0 Å². The minimum Gasteiger partial charge on any atom is -0.382 e. The fraction of sp³-hybridized carbons (Fsp3) is 0.238. The van der Waals surface area contributed by atoms with Crippen LogP contribution in [0.4, 0.5) is 5.69 Å². The molecule has 1 atom stereocenters. The Bertz CT molecular complexity index is 642. The molecule has 1 aliphatic rings. The lowest BCUT2D eigenvalue weighted by Gasteiger charge is -2.08. The first-order chi connectivity index (χ1) is 10.9. The van der Waals surface area contributed by atoms with Crippen molar-refractivity contribution in [3.05, 3.63) is 78.4 Å². The van der Waals surface area contributed by atoms with Gasteiger partial charge in [-0.1, -0.05) is 80.1 Å². The van der Waals surface area contributed by atoms with Crippen LogP contribution in [0, 0.1) is 0 Å². The zero-order chi connectivity index (χ0) is 15.2. The third-order valence-corrected chi connectivity index (χ3v) is 4.14. The Morgan fingerprint density at radius 3 is 1.91 bits per heavy atom. The molecule has 3 aromatic carbocycles. The van der Waals surface area contributed by atoms with Crippen molar-refractivity contribution in [3.63, 3.8) is 0 Å². The molecule has 4 rings (SSSR count). The smallest absolute Gasteiger partial charge is 0.0375 e. The SMILES string of the molecule is CCCC1Cc2ccccc2N1.c1ccc2ccccc2c1. The molecule has 1 nitrogen and oxygen atoms in total. The molecule has 3 aromatic rings. The summed E-state index contributed by atoms with van der Waals surface area (Å²) in [5, 5.41) is 6.16. The third kappa shape index (κ3) is 3.48. The van der Waals surface area contributed by atoms with Crippen LogP contribution in [0.2, 0.25) is 0 Å². The van der Waals surface area contributed by atoms with Crippen LogP contribution in [-0.2, 0) is 6.42 Å². The van der Waals surface area contributed by atoms with Crippen molar-refractivity contribution >= 4 is 16.5 Å². The van der Waals surface area contributed by atoms with Gasteiger partial charge in [0, 0.05) is 11.7 Å². The van der Waals surface area contributed by atoms with Crippen molar-refractivity contribution in [2.45, 2.75) is 32.2 Å². The number of rotatable bonds is 2. The topological polar surface area (TPSA) is 12.0 Å². The molecule has 0 amide bonds. The number of fused-ring (bicyclic) bond motifs is 2. The molecule has 112 valence electrons. The summed E-state index contributed by atoms with van der Waals surface area (Å²) in [4.78, 5) is 0. The second kappa shape index (κ2) is 7.13. The van der Waals surface area contributed by atoms with Gasteiger partial charge in [-0.2, -0.15) is 0 Å². The first kappa shape index (κ1) is 14.6. The number of para-hydroxylation sites is 1. The molecule has 0 saturated carbocycles. The molecule has 0 aromatic heterocycles. The molecule has 1 aliphatic heterocycles. The molecule has 0 spiro atoms. The molecule has 0 bridgehead atoms. The number of anilines is 1. The molecule has 0 radical (unpaired) electrons. The second-order valence-electron chi connectivity index (χ2n) is 5.84. The largest absolute Gasteiger partial charge is 0.382 e. The predicted octanol–water partition coefficient (Wildman–Crippen LogP) is 5.66. The summed E-state index contributed by atoms with van der Waals surface area (Å²) in [7, 11) is 0. The average molecular weight is 289 g/mol. The molecule has 0 aliphatic carbocycles. The van der Waals surface area contributed by atoms with Gasteiger partial charge in [-0.3, -0.25) is 0 Å². The van der Waals surface area contributed by atoms with Crippen LogP contribution in [-0.4, -0.2) is 6.04 Å². The van der Waals surface area contributed by atoms with E-state index in [1.807, 2.05) is 0 Å². The van der Waals surface area contributed by atoms with Gasteiger partial charge in [0.25, 0.3) is 0 Å². The first-order valence-corrected chi connectivity index (χ1v) is 8.15. The van der Waals surface area contributed by atoms with E-state index in [9.17, 15) is 0 Å². The highest BCUT2D eigenvalue weighted by Crippen LogP contribution is 2.26. The van der Waals surface area contributed by atoms with Crippen LogP contribution in [0.5, 0.6) is 0 Å². The summed E-state index contributed by atoms with van der Waals surface area (Å²) in [5.41, 5.74) is 2.83. The van der Waals surface area contributed by atoms with Crippen molar-refractivity contribution in [1.82, 2.24) is 0 Å². The van der Waals surface area contributed by atoms with Crippen molar-refractivity contribution < 1.29 is 0 Å². The van der Waals surface area contributed by atoms with Crippen molar-refractivity contribution in [2.24, 2.45) is 0 Å². The standard InChI is InChI=1S/C11H15N.C10H8/c1-2-5-10-8-9-6-3-4-7-11(9)12-10;1-2-6-10-8-4-3-7-9(10)5-1/h3-4,6-7,10,12H,2,5,8H2,1H3;1-8H. The Morgan fingerprint density at radius 1 is 0.818 bits per heavy atom. The molecule has 1 N–H and O–H groups in total. The lowest BCUT2D eigenvalue weighted by molar-refractivity contribution is 0.661. The van der Waals surface area contributed by atoms with E-state index in [1.165, 1.54) is 41.3 Å². The van der Waals surface area contributed by atoms with Crippen LogP contribution in [0.15, 0.2) is 72.8 Å². The van der Waals surface area contributed by atoms with Crippen LogP contribution >= 0.6 is 0 Å². The van der Waals surface area contributed by atoms with E-state index < -0.39 is 0 Å². The lowest BCUT2D eigenvalue weighted by atomic mass is 10.1. The lowest BCUT2D eigenvalue weighted by Crippen LogP contribution is -2.14. The van der Waals surface area contributed by atoms with E-state index in [0.29, 0.717) is 6.04 Å². The van der Waals surface area contributed by atoms with E-state index in [2.05, 4.69) is 85.0 Å². The maximum Gasteiger partial charge on any atom is 0.0375 e. The molecule has 1 heterocycles. The normalized spacial score (nSPS) is 15.6. The van der Waals surface area contributed by atoms with Gasteiger partial charge >= 0.3 is 0 Å². The molecule has 1 heteroatoms. The summed E-state index contributed by atoms with van der Waals surface area (Å²) < 4.78 is 0. The maximum atomic E-state index is 3.54. The first-order valence-electron chi connectivity index (χ1n) is 8.15. The van der Waals surface area contributed by atoms with E-state index in [-0.39, 0.29) is 0 Å². The monoisotopic (exact) mass is 289 g/mol. The average Bonchev–Trinajstić information content (AvgIpc) is 2.98. The maximum absolute atomic E-state index is 3.54. The van der Waals surface area contributed by atoms with Gasteiger partial charge in [0.2, 0.25) is 0 Å². The summed E-state index contributed by atoms with van der Waals surface area (Å²) >= 11 is 0. The van der Waals surface area contributed by atoms with Crippen LogP contribution in [0.1, 0.15) is 25.3 Å². The highest BCUT2D eigenvalue weighted by Gasteiger charge is 2.18. The van der Waals surface area contributed by atoms with E-state index in [1.54, 1.807) is 0 Å². The molecule has 0 fully saturated rings. The molecule has 0 saturated heterocycles. The minimum absolute atomic E-state index is 0.687. The van der Waals surface area contributed by atoms with Gasteiger partial charge in [-0.15, -0.1) is 0 Å².